The molecular weight excluding hydrogens is 390 g/mol. The van der Waals surface area contributed by atoms with E-state index in [1.54, 1.807) is 5.69 Å². The van der Waals surface area contributed by atoms with Crippen LogP contribution in [0.1, 0.15) is 136 Å². The van der Waals surface area contributed by atoms with E-state index in [4.69, 9.17) is 0 Å². The molecular formula is C30H57NO. The Morgan fingerprint density at radius 1 is 0.438 bits per heavy atom. The van der Waals surface area contributed by atoms with Crippen LogP contribution >= 0.6 is 0 Å². The lowest BCUT2D eigenvalue weighted by atomic mass is 10.0. The second-order valence-corrected chi connectivity index (χ2v) is 9.95. The molecule has 2 heteroatoms. The highest BCUT2D eigenvalue weighted by Crippen LogP contribution is 2.26. The van der Waals surface area contributed by atoms with E-state index >= 15 is 0 Å². The SMILES string of the molecule is CCCCCCCCCCCCCCCC[N+](CCCC)(CCCC)c1ccccc1.[OH-]. The molecule has 0 atom stereocenters. The van der Waals surface area contributed by atoms with Gasteiger partial charge in [0.05, 0.1) is 19.6 Å². The third-order valence-electron chi connectivity index (χ3n) is 7.12. The Bertz CT molecular complexity index is 479. The zero-order valence-electron chi connectivity index (χ0n) is 22.1. The summed E-state index contributed by atoms with van der Waals surface area (Å²) in [5.74, 6) is 0. The van der Waals surface area contributed by atoms with Gasteiger partial charge in [-0.3, -0.25) is 4.48 Å². The normalized spacial score (nSPS) is 11.5. The molecule has 1 rings (SSSR count). The molecule has 0 aromatic heterocycles. The fourth-order valence-electron chi connectivity index (χ4n) is 5.00. The lowest BCUT2D eigenvalue weighted by Crippen LogP contribution is -2.51. The average molecular weight is 448 g/mol. The molecule has 32 heavy (non-hydrogen) atoms. The van der Waals surface area contributed by atoms with Crippen LogP contribution < -0.4 is 4.48 Å². The third kappa shape index (κ3) is 14.3. The largest absolute Gasteiger partial charge is 0.870 e. The van der Waals surface area contributed by atoms with Gasteiger partial charge in [0.25, 0.3) is 0 Å². The number of para-hydroxylation sites is 1. The topological polar surface area (TPSA) is 30.0 Å². The van der Waals surface area contributed by atoms with Crippen molar-refractivity contribution in [1.29, 1.82) is 0 Å². The van der Waals surface area contributed by atoms with Crippen molar-refractivity contribution in [3.63, 3.8) is 0 Å². The first kappa shape index (κ1) is 31.1. The van der Waals surface area contributed by atoms with Gasteiger partial charge >= 0.3 is 0 Å². The molecule has 0 spiro atoms. The van der Waals surface area contributed by atoms with Gasteiger partial charge in [-0.25, -0.2) is 0 Å². The average Bonchev–Trinajstić information content (AvgIpc) is 2.81. The van der Waals surface area contributed by atoms with Crippen molar-refractivity contribution in [1.82, 2.24) is 4.48 Å². The van der Waals surface area contributed by atoms with Crippen LogP contribution in [0.4, 0.5) is 5.69 Å². The van der Waals surface area contributed by atoms with Gasteiger partial charge in [0.1, 0.15) is 5.69 Å². The number of unbranched alkanes of at least 4 members (excludes halogenated alkanes) is 15. The maximum absolute atomic E-state index is 2.38. The molecule has 0 amide bonds. The summed E-state index contributed by atoms with van der Waals surface area (Å²) in [5.41, 5.74) is 1.55. The monoisotopic (exact) mass is 447 g/mol. The minimum absolute atomic E-state index is 0. The fourth-order valence-corrected chi connectivity index (χ4v) is 5.00. The summed E-state index contributed by atoms with van der Waals surface area (Å²) >= 11 is 0. The molecule has 0 saturated carbocycles. The summed E-state index contributed by atoms with van der Waals surface area (Å²) < 4.78 is 1.22. The van der Waals surface area contributed by atoms with Crippen LogP contribution in [0.3, 0.4) is 0 Å². The van der Waals surface area contributed by atoms with Gasteiger partial charge in [0, 0.05) is 0 Å². The quantitative estimate of drug-likeness (QED) is 0.128. The zero-order valence-corrected chi connectivity index (χ0v) is 22.1. The second kappa shape index (κ2) is 22.0. The van der Waals surface area contributed by atoms with Crippen molar-refractivity contribution in [2.24, 2.45) is 0 Å². The van der Waals surface area contributed by atoms with Gasteiger partial charge in [-0.15, -0.1) is 0 Å². The van der Waals surface area contributed by atoms with E-state index in [1.807, 2.05) is 0 Å². The summed E-state index contributed by atoms with van der Waals surface area (Å²) in [5, 5.41) is 0. The first-order valence-electron chi connectivity index (χ1n) is 14.2. The molecule has 188 valence electrons. The van der Waals surface area contributed by atoms with Crippen LogP contribution in [0.15, 0.2) is 30.3 Å². The minimum atomic E-state index is 0. The fraction of sp³-hybridized carbons (Fsp3) is 0.800. The molecule has 2 nitrogen and oxygen atoms in total. The first-order chi connectivity index (χ1) is 15.3. The zero-order chi connectivity index (χ0) is 22.5. The number of rotatable bonds is 22. The van der Waals surface area contributed by atoms with Gasteiger partial charge < -0.3 is 5.48 Å². The molecule has 1 aromatic carbocycles. The predicted octanol–water partition coefficient (Wildman–Crippen LogP) is 9.90. The highest BCUT2D eigenvalue weighted by Gasteiger charge is 2.28. The Balaban J connectivity index is 0.00000961. The number of quaternary nitrogens is 1. The molecule has 1 aromatic rings. The van der Waals surface area contributed by atoms with E-state index in [0.29, 0.717) is 0 Å². The lowest BCUT2D eigenvalue weighted by molar-refractivity contribution is 0.257. The van der Waals surface area contributed by atoms with Crippen LogP contribution in [0.2, 0.25) is 0 Å². The Hall–Kier alpha value is -0.860. The highest BCUT2D eigenvalue weighted by molar-refractivity contribution is 5.42. The number of hydrogen-bond acceptors (Lipinski definition) is 1. The van der Waals surface area contributed by atoms with E-state index in [2.05, 4.69) is 51.1 Å². The van der Waals surface area contributed by atoms with Gasteiger partial charge in [0.15, 0.2) is 0 Å². The summed E-state index contributed by atoms with van der Waals surface area (Å²) in [4.78, 5) is 0. The molecule has 0 unspecified atom stereocenters. The van der Waals surface area contributed by atoms with Crippen molar-refractivity contribution < 1.29 is 5.48 Å². The Labute approximate surface area is 202 Å². The smallest absolute Gasteiger partial charge is 0.132 e. The third-order valence-corrected chi connectivity index (χ3v) is 7.12. The molecule has 0 fully saturated rings. The summed E-state index contributed by atoms with van der Waals surface area (Å²) in [6, 6.07) is 11.4. The Morgan fingerprint density at radius 2 is 0.781 bits per heavy atom. The first-order valence-corrected chi connectivity index (χ1v) is 14.2. The van der Waals surface area contributed by atoms with Crippen molar-refractivity contribution in [3.05, 3.63) is 30.3 Å². The lowest BCUT2D eigenvalue weighted by Gasteiger charge is -2.39. The van der Waals surface area contributed by atoms with E-state index in [0.717, 1.165) is 0 Å². The van der Waals surface area contributed by atoms with E-state index < -0.39 is 0 Å². The summed E-state index contributed by atoms with van der Waals surface area (Å²) in [7, 11) is 0. The van der Waals surface area contributed by atoms with Gasteiger partial charge in [0.2, 0.25) is 0 Å². The number of hydrogen-bond donors (Lipinski definition) is 0. The molecule has 0 aliphatic carbocycles. The molecule has 0 aliphatic heterocycles. The van der Waals surface area contributed by atoms with Crippen LogP contribution in [0.25, 0.3) is 0 Å². The Morgan fingerprint density at radius 3 is 1.19 bits per heavy atom. The van der Waals surface area contributed by atoms with Crippen LogP contribution in [-0.2, 0) is 0 Å². The maximum atomic E-state index is 2.38. The van der Waals surface area contributed by atoms with Crippen molar-refractivity contribution in [2.75, 3.05) is 19.6 Å². The van der Waals surface area contributed by atoms with Gasteiger partial charge in [-0.05, 0) is 37.8 Å². The minimum Gasteiger partial charge on any atom is -0.870 e. The van der Waals surface area contributed by atoms with E-state index in [9.17, 15) is 0 Å². The molecule has 0 radical (unpaired) electrons. The molecule has 0 bridgehead atoms. The standard InChI is InChI=1S/C30H56N.H2O/c1-4-7-10-11-12-13-14-15-16-17-18-19-20-24-29-31(27-8-5-2,28-9-6-3)30-25-22-21-23-26-30;/h21-23,25-26H,4-20,24,27-29H2,1-3H3;1H2/q+1;/p-1. The van der Waals surface area contributed by atoms with Crippen LogP contribution in [0, 0.1) is 0 Å². The predicted molar refractivity (Wildman–Crippen MR) is 145 cm³/mol. The number of benzene rings is 1. The molecule has 0 saturated heterocycles. The summed E-state index contributed by atoms with van der Waals surface area (Å²) in [6.45, 7) is 11.0. The second-order valence-electron chi connectivity index (χ2n) is 9.95. The molecule has 0 aliphatic rings. The van der Waals surface area contributed by atoms with Crippen molar-refractivity contribution >= 4 is 5.69 Å². The highest BCUT2D eigenvalue weighted by atomic mass is 16.0. The maximum Gasteiger partial charge on any atom is 0.132 e. The van der Waals surface area contributed by atoms with E-state index in [-0.39, 0.29) is 5.48 Å². The number of nitrogens with zero attached hydrogens (tertiary/aromatic N) is 1. The van der Waals surface area contributed by atoms with Gasteiger partial charge in [-0.2, -0.15) is 0 Å². The van der Waals surface area contributed by atoms with Gasteiger partial charge in [-0.1, -0.05) is 129 Å². The van der Waals surface area contributed by atoms with E-state index in [1.165, 1.54) is 140 Å². The Kier molecular flexibility index (Phi) is 21.4. The van der Waals surface area contributed by atoms with Crippen molar-refractivity contribution in [2.45, 2.75) is 136 Å². The summed E-state index contributed by atoms with van der Waals surface area (Å²) in [6.07, 6.45) is 25.5. The molecule has 1 N–H and O–H groups in total. The molecule has 0 heterocycles. The van der Waals surface area contributed by atoms with Crippen LogP contribution in [-0.4, -0.2) is 25.1 Å². The van der Waals surface area contributed by atoms with Crippen LogP contribution in [0.5, 0.6) is 0 Å². The van der Waals surface area contributed by atoms with Crippen molar-refractivity contribution in [3.8, 4) is 0 Å².